The highest BCUT2D eigenvalue weighted by Crippen LogP contribution is 2.31. The van der Waals surface area contributed by atoms with Crippen LogP contribution in [0.25, 0.3) is 0 Å². The van der Waals surface area contributed by atoms with Crippen molar-refractivity contribution in [1.82, 2.24) is 0 Å². The van der Waals surface area contributed by atoms with Crippen LogP contribution in [0.1, 0.15) is 87.8 Å². The standard InChI is InChI=1S/C34H44N2O2/c1-7-27-17-25(15-13-23(3)4)19-29(33(27)37)21-35-31-11-9-10-12-32(31)36-22-30-20-26(16-14-24(5)6)18-28(8-2)34(30)38/h9-12,17-24,37-38H,7-8,13-16H2,1-6H3. The smallest absolute Gasteiger partial charge is 0.127 e. The molecular weight excluding hydrogens is 468 g/mol. The number of phenols is 2. The first-order valence-corrected chi connectivity index (χ1v) is 14.1. The highest BCUT2D eigenvalue weighted by Gasteiger charge is 2.11. The van der Waals surface area contributed by atoms with Crippen LogP contribution >= 0.6 is 0 Å². The largest absolute Gasteiger partial charge is 0.507 e. The molecule has 0 fully saturated rings. The topological polar surface area (TPSA) is 65.2 Å². The van der Waals surface area contributed by atoms with E-state index in [1.54, 1.807) is 12.4 Å². The van der Waals surface area contributed by atoms with Gasteiger partial charge >= 0.3 is 0 Å². The number of benzene rings is 3. The molecule has 2 N–H and O–H groups in total. The molecule has 0 aromatic heterocycles. The monoisotopic (exact) mass is 512 g/mol. The lowest BCUT2D eigenvalue weighted by molar-refractivity contribution is 0.467. The summed E-state index contributed by atoms with van der Waals surface area (Å²) < 4.78 is 0. The number of hydrogen-bond acceptors (Lipinski definition) is 4. The van der Waals surface area contributed by atoms with E-state index in [1.807, 2.05) is 36.4 Å². The van der Waals surface area contributed by atoms with E-state index in [9.17, 15) is 10.2 Å². The number of aromatic hydroxyl groups is 2. The van der Waals surface area contributed by atoms with Gasteiger partial charge in [-0.15, -0.1) is 0 Å². The van der Waals surface area contributed by atoms with E-state index in [1.165, 1.54) is 11.1 Å². The van der Waals surface area contributed by atoms with E-state index < -0.39 is 0 Å². The van der Waals surface area contributed by atoms with Gasteiger partial charge in [0.2, 0.25) is 0 Å². The minimum atomic E-state index is 0.292. The Balaban J connectivity index is 1.92. The van der Waals surface area contributed by atoms with Crippen LogP contribution in [0, 0.1) is 11.8 Å². The van der Waals surface area contributed by atoms with Crippen molar-refractivity contribution in [3.63, 3.8) is 0 Å². The molecule has 0 saturated heterocycles. The van der Waals surface area contributed by atoms with E-state index in [4.69, 9.17) is 9.98 Å². The molecule has 0 aliphatic heterocycles. The molecule has 0 heterocycles. The van der Waals surface area contributed by atoms with E-state index in [0.717, 1.165) is 60.8 Å². The Morgan fingerprint density at radius 3 is 1.39 bits per heavy atom. The fourth-order valence-corrected chi connectivity index (χ4v) is 4.47. The van der Waals surface area contributed by atoms with E-state index in [2.05, 4.69) is 53.7 Å². The van der Waals surface area contributed by atoms with Gasteiger partial charge in [0.15, 0.2) is 0 Å². The summed E-state index contributed by atoms with van der Waals surface area (Å²) >= 11 is 0. The summed E-state index contributed by atoms with van der Waals surface area (Å²) in [6.07, 6.45) is 9.17. The van der Waals surface area contributed by atoms with Gasteiger partial charge < -0.3 is 10.2 Å². The Kier molecular flexibility index (Phi) is 10.7. The fraction of sp³-hybridized carbons (Fsp3) is 0.412. The zero-order valence-electron chi connectivity index (χ0n) is 24.0. The van der Waals surface area contributed by atoms with Gasteiger partial charge in [0, 0.05) is 23.6 Å². The molecule has 3 aromatic carbocycles. The van der Waals surface area contributed by atoms with Crippen LogP contribution in [0.4, 0.5) is 11.4 Å². The van der Waals surface area contributed by atoms with Crippen molar-refractivity contribution in [2.45, 2.75) is 80.1 Å². The third-order valence-electron chi connectivity index (χ3n) is 6.91. The molecule has 3 aromatic rings. The van der Waals surface area contributed by atoms with E-state index in [0.29, 0.717) is 34.7 Å². The SMILES string of the molecule is CCc1cc(CCC(C)C)cc(C=Nc2ccccc2N=Cc2cc(CCC(C)C)cc(CC)c2O)c1O. The lowest BCUT2D eigenvalue weighted by Crippen LogP contribution is -1.97. The number of nitrogens with zero attached hydrogens (tertiary/aromatic N) is 2. The molecule has 0 saturated carbocycles. The molecule has 0 spiro atoms. The first-order valence-electron chi connectivity index (χ1n) is 14.1. The molecule has 0 bridgehead atoms. The number of para-hydroxylation sites is 2. The molecular formula is C34H44N2O2. The number of hydrogen-bond donors (Lipinski definition) is 2. The zero-order valence-corrected chi connectivity index (χ0v) is 24.0. The summed E-state index contributed by atoms with van der Waals surface area (Å²) in [6.45, 7) is 13.0. The summed E-state index contributed by atoms with van der Waals surface area (Å²) in [4.78, 5) is 9.45. The molecule has 202 valence electrons. The van der Waals surface area contributed by atoms with E-state index >= 15 is 0 Å². The number of aliphatic imine (C=N–C) groups is 2. The van der Waals surface area contributed by atoms with Crippen molar-refractivity contribution in [3.8, 4) is 11.5 Å². The summed E-state index contributed by atoms with van der Waals surface area (Å²) in [7, 11) is 0. The van der Waals surface area contributed by atoms with Crippen molar-refractivity contribution in [2.24, 2.45) is 21.8 Å². The van der Waals surface area contributed by atoms with Gasteiger partial charge in [0.05, 0.1) is 11.4 Å². The van der Waals surface area contributed by atoms with Gasteiger partial charge in [-0.1, -0.05) is 65.8 Å². The average Bonchev–Trinajstić information content (AvgIpc) is 2.90. The third kappa shape index (κ3) is 8.05. The molecule has 0 aliphatic carbocycles. The van der Waals surface area contributed by atoms with Crippen LogP contribution < -0.4 is 0 Å². The number of rotatable bonds is 12. The van der Waals surface area contributed by atoms with Gasteiger partial charge in [-0.25, -0.2) is 0 Å². The summed E-state index contributed by atoms with van der Waals surface area (Å²) in [6, 6.07) is 16.0. The Labute approximate surface area is 229 Å². The van der Waals surface area contributed by atoms with Crippen LogP contribution in [-0.2, 0) is 25.7 Å². The first kappa shape index (κ1) is 29.2. The molecule has 0 atom stereocenters. The molecule has 4 nitrogen and oxygen atoms in total. The normalized spacial score (nSPS) is 12.0. The summed E-state index contributed by atoms with van der Waals surface area (Å²) in [5.41, 5.74) is 7.20. The predicted molar refractivity (Wildman–Crippen MR) is 162 cm³/mol. The van der Waals surface area contributed by atoms with Gasteiger partial charge in [-0.2, -0.15) is 0 Å². The van der Waals surface area contributed by atoms with Crippen molar-refractivity contribution in [3.05, 3.63) is 81.9 Å². The zero-order chi connectivity index (χ0) is 27.7. The first-order chi connectivity index (χ1) is 18.2. The fourth-order valence-electron chi connectivity index (χ4n) is 4.47. The second-order valence-corrected chi connectivity index (χ2v) is 11.0. The second kappa shape index (κ2) is 13.9. The van der Waals surface area contributed by atoms with Crippen LogP contribution in [0.2, 0.25) is 0 Å². The van der Waals surface area contributed by atoms with E-state index in [-0.39, 0.29) is 0 Å². The second-order valence-electron chi connectivity index (χ2n) is 11.0. The van der Waals surface area contributed by atoms with Crippen molar-refractivity contribution >= 4 is 23.8 Å². The lowest BCUT2D eigenvalue weighted by atomic mass is 9.97. The third-order valence-corrected chi connectivity index (χ3v) is 6.91. The van der Waals surface area contributed by atoms with Crippen LogP contribution in [0.5, 0.6) is 11.5 Å². The lowest BCUT2D eigenvalue weighted by Gasteiger charge is -2.11. The number of aryl methyl sites for hydroxylation is 4. The summed E-state index contributed by atoms with van der Waals surface area (Å²) in [5, 5.41) is 21.7. The molecule has 38 heavy (non-hydrogen) atoms. The molecule has 0 aliphatic rings. The molecule has 3 rings (SSSR count). The van der Waals surface area contributed by atoms with Gasteiger partial charge in [-0.05, 0) is 96.9 Å². The maximum Gasteiger partial charge on any atom is 0.127 e. The minimum Gasteiger partial charge on any atom is -0.507 e. The van der Waals surface area contributed by atoms with Gasteiger partial charge in [0.1, 0.15) is 11.5 Å². The maximum atomic E-state index is 10.8. The number of phenolic OH excluding ortho intramolecular Hbond substituents is 2. The Morgan fingerprint density at radius 1 is 0.658 bits per heavy atom. The molecule has 0 radical (unpaired) electrons. The Hall–Kier alpha value is -3.40. The average molecular weight is 513 g/mol. The summed E-state index contributed by atoms with van der Waals surface area (Å²) in [5.74, 6) is 1.83. The Morgan fingerprint density at radius 2 is 1.05 bits per heavy atom. The highest BCUT2D eigenvalue weighted by molar-refractivity contribution is 5.90. The van der Waals surface area contributed by atoms with Gasteiger partial charge in [0.25, 0.3) is 0 Å². The Bertz CT molecular complexity index is 1170. The van der Waals surface area contributed by atoms with Crippen LogP contribution in [0.15, 0.2) is 58.5 Å². The molecule has 4 heteroatoms. The maximum absolute atomic E-state index is 10.8. The molecule has 0 amide bonds. The van der Waals surface area contributed by atoms with Crippen LogP contribution in [0.3, 0.4) is 0 Å². The van der Waals surface area contributed by atoms with Gasteiger partial charge in [-0.3, -0.25) is 9.98 Å². The highest BCUT2D eigenvalue weighted by atomic mass is 16.3. The predicted octanol–water partition coefficient (Wildman–Crippen LogP) is 8.90. The quantitative estimate of drug-likeness (QED) is 0.238. The van der Waals surface area contributed by atoms with Crippen molar-refractivity contribution in [1.29, 1.82) is 0 Å². The van der Waals surface area contributed by atoms with Crippen molar-refractivity contribution in [2.75, 3.05) is 0 Å². The minimum absolute atomic E-state index is 0.292. The van der Waals surface area contributed by atoms with Crippen LogP contribution in [-0.4, -0.2) is 22.6 Å². The molecule has 0 unspecified atom stereocenters. The van der Waals surface area contributed by atoms with Crippen molar-refractivity contribution < 1.29 is 10.2 Å².